The Morgan fingerprint density at radius 2 is 1.57 bits per heavy atom. The maximum Gasteiger partial charge on any atom is 0.295 e. The number of ether oxygens (including phenoxy) is 3. The first-order valence-corrected chi connectivity index (χ1v) is 11.4. The summed E-state index contributed by atoms with van der Waals surface area (Å²) in [6.07, 6.45) is 0. The molecule has 1 fully saturated rings. The molecule has 0 bridgehead atoms. The molecule has 0 radical (unpaired) electrons. The average Bonchev–Trinajstić information content (AvgIpc) is 3.13. The van der Waals surface area contributed by atoms with Crippen molar-refractivity contribution in [2.75, 3.05) is 47.5 Å². The molecule has 1 saturated heterocycles. The van der Waals surface area contributed by atoms with Crippen LogP contribution >= 0.6 is 0 Å². The summed E-state index contributed by atoms with van der Waals surface area (Å²) >= 11 is 0. The van der Waals surface area contributed by atoms with E-state index >= 15 is 0 Å². The Balaban J connectivity index is 2.21. The monoisotopic (exact) mass is 486 g/mol. The van der Waals surface area contributed by atoms with Crippen molar-refractivity contribution in [3.63, 3.8) is 0 Å². The summed E-state index contributed by atoms with van der Waals surface area (Å²) in [7, 11) is 4.42. The third-order valence-electron chi connectivity index (χ3n) is 6.21. The number of aliphatic hydroxyl groups is 1. The fourth-order valence-electron chi connectivity index (χ4n) is 4.27. The Bertz CT molecular complexity index is 1090. The topological polar surface area (TPSA) is 88.5 Å². The standard InChI is InChI=1S/C26H31FN2O6/c1-6-28(7-2)12-13-29-22(17-14-19(33-3)25(35-5)20(15-17)34-4)21(24(31)26(29)32)23(30)16-8-10-18(27)11-9-16/h8-11,14-15,22,30H,6-7,12-13H2,1-5H3/b23-21+/t22-/m1/s1. The van der Waals surface area contributed by atoms with E-state index in [9.17, 15) is 19.1 Å². The molecule has 1 N–H and O–H groups in total. The van der Waals surface area contributed by atoms with Crippen LogP contribution in [0, 0.1) is 5.82 Å². The Labute approximate surface area is 204 Å². The SMILES string of the molecule is CCN(CC)CCN1C(=O)C(=O)/C(=C(/O)c2ccc(F)cc2)[C@H]1c1cc(OC)c(OC)c(OC)c1. The Morgan fingerprint density at radius 1 is 1.00 bits per heavy atom. The Kier molecular flexibility index (Phi) is 8.34. The van der Waals surface area contributed by atoms with Gasteiger partial charge in [0.25, 0.3) is 11.7 Å². The van der Waals surface area contributed by atoms with E-state index in [0.29, 0.717) is 29.4 Å². The molecule has 8 nitrogen and oxygen atoms in total. The number of likely N-dealkylation sites (tertiary alicyclic amines) is 1. The van der Waals surface area contributed by atoms with Crippen LogP contribution < -0.4 is 14.2 Å². The molecule has 188 valence electrons. The van der Waals surface area contributed by atoms with E-state index in [0.717, 1.165) is 13.1 Å². The Morgan fingerprint density at radius 3 is 2.06 bits per heavy atom. The zero-order valence-corrected chi connectivity index (χ0v) is 20.6. The molecule has 1 aliphatic rings. The van der Waals surface area contributed by atoms with Gasteiger partial charge in [0.1, 0.15) is 11.6 Å². The van der Waals surface area contributed by atoms with Gasteiger partial charge in [-0.25, -0.2) is 4.39 Å². The van der Waals surface area contributed by atoms with Gasteiger partial charge in [0.2, 0.25) is 5.75 Å². The summed E-state index contributed by atoms with van der Waals surface area (Å²) in [6.45, 7) is 6.40. The fraction of sp³-hybridized carbons (Fsp3) is 0.385. The number of halogens is 1. The van der Waals surface area contributed by atoms with Gasteiger partial charge in [-0.1, -0.05) is 13.8 Å². The number of benzene rings is 2. The molecule has 2 aromatic rings. The number of Topliss-reactive ketones (excluding diaryl/α,β-unsaturated/α-hetero) is 1. The summed E-state index contributed by atoms with van der Waals surface area (Å²) in [5, 5.41) is 11.1. The van der Waals surface area contributed by atoms with Gasteiger partial charge in [0.15, 0.2) is 11.5 Å². The predicted octanol–water partition coefficient (Wildman–Crippen LogP) is 3.62. The fourth-order valence-corrected chi connectivity index (χ4v) is 4.27. The minimum Gasteiger partial charge on any atom is -0.507 e. The lowest BCUT2D eigenvalue weighted by Crippen LogP contribution is -2.38. The molecule has 0 unspecified atom stereocenters. The van der Waals surface area contributed by atoms with Crippen molar-refractivity contribution in [3.05, 3.63) is 58.9 Å². The van der Waals surface area contributed by atoms with Crippen molar-refractivity contribution in [2.24, 2.45) is 0 Å². The number of ketones is 1. The predicted molar refractivity (Wildman–Crippen MR) is 129 cm³/mol. The van der Waals surface area contributed by atoms with Crippen LogP contribution in [0.5, 0.6) is 17.2 Å². The number of carbonyl (C=O) groups excluding carboxylic acids is 2. The summed E-state index contributed by atoms with van der Waals surface area (Å²) in [5.41, 5.74) is 0.642. The van der Waals surface area contributed by atoms with E-state index in [2.05, 4.69) is 4.90 Å². The number of aliphatic hydroxyl groups excluding tert-OH is 1. The molecule has 1 atom stereocenters. The van der Waals surface area contributed by atoms with Crippen LogP contribution in [-0.2, 0) is 9.59 Å². The highest BCUT2D eigenvalue weighted by Crippen LogP contribution is 2.45. The second-order valence-electron chi connectivity index (χ2n) is 7.98. The summed E-state index contributed by atoms with van der Waals surface area (Å²) < 4.78 is 29.8. The van der Waals surface area contributed by atoms with Crippen molar-refractivity contribution in [3.8, 4) is 17.2 Å². The third kappa shape index (κ3) is 5.09. The molecule has 1 heterocycles. The average molecular weight is 487 g/mol. The molecular formula is C26H31FN2O6. The highest BCUT2D eigenvalue weighted by molar-refractivity contribution is 6.46. The smallest absolute Gasteiger partial charge is 0.295 e. The highest BCUT2D eigenvalue weighted by Gasteiger charge is 2.46. The lowest BCUT2D eigenvalue weighted by atomic mass is 9.94. The first-order chi connectivity index (χ1) is 16.8. The van der Waals surface area contributed by atoms with Crippen molar-refractivity contribution < 1.29 is 33.3 Å². The van der Waals surface area contributed by atoms with Crippen LogP contribution in [0.15, 0.2) is 42.0 Å². The molecule has 3 rings (SSSR count). The second kappa shape index (κ2) is 11.2. The van der Waals surface area contributed by atoms with Crippen LogP contribution in [0.2, 0.25) is 0 Å². The first-order valence-electron chi connectivity index (χ1n) is 11.4. The largest absolute Gasteiger partial charge is 0.507 e. The molecule has 1 amide bonds. The highest BCUT2D eigenvalue weighted by atomic mass is 19.1. The lowest BCUT2D eigenvalue weighted by molar-refractivity contribution is -0.140. The van der Waals surface area contributed by atoms with Gasteiger partial charge in [0.05, 0.1) is 32.9 Å². The molecule has 1 aliphatic heterocycles. The number of carbonyl (C=O) groups is 2. The van der Waals surface area contributed by atoms with Crippen LogP contribution in [0.1, 0.15) is 31.0 Å². The van der Waals surface area contributed by atoms with Gasteiger partial charge < -0.3 is 29.1 Å². The van der Waals surface area contributed by atoms with Crippen molar-refractivity contribution in [1.82, 2.24) is 9.80 Å². The zero-order valence-electron chi connectivity index (χ0n) is 20.6. The maximum atomic E-state index is 13.5. The minimum atomic E-state index is -0.913. The maximum absolute atomic E-state index is 13.5. The molecule has 35 heavy (non-hydrogen) atoms. The summed E-state index contributed by atoms with van der Waals surface area (Å²) in [6, 6.07) is 7.48. The zero-order chi connectivity index (χ0) is 25.7. The number of methoxy groups -OCH3 is 3. The number of nitrogens with zero attached hydrogens (tertiary/aromatic N) is 2. The van der Waals surface area contributed by atoms with E-state index in [1.165, 1.54) is 50.5 Å². The summed E-state index contributed by atoms with van der Waals surface area (Å²) in [5.74, 6) is -1.35. The number of amides is 1. The third-order valence-corrected chi connectivity index (χ3v) is 6.21. The molecule has 0 spiro atoms. The van der Waals surface area contributed by atoms with E-state index in [-0.39, 0.29) is 23.4 Å². The minimum absolute atomic E-state index is 0.0876. The lowest BCUT2D eigenvalue weighted by Gasteiger charge is -2.29. The second-order valence-corrected chi connectivity index (χ2v) is 7.98. The van der Waals surface area contributed by atoms with Crippen LogP contribution in [0.4, 0.5) is 4.39 Å². The van der Waals surface area contributed by atoms with Crippen LogP contribution in [0.25, 0.3) is 5.76 Å². The molecule has 9 heteroatoms. The van der Waals surface area contributed by atoms with Crippen molar-refractivity contribution in [2.45, 2.75) is 19.9 Å². The summed E-state index contributed by atoms with van der Waals surface area (Å²) in [4.78, 5) is 30.0. The van der Waals surface area contributed by atoms with E-state index in [1.807, 2.05) is 13.8 Å². The first kappa shape index (κ1) is 26.0. The number of likely N-dealkylation sites (N-methyl/N-ethyl adjacent to an activating group) is 1. The number of hydrogen-bond acceptors (Lipinski definition) is 7. The molecule has 0 saturated carbocycles. The molecule has 2 aromatic carbocycles. The van der Waals surface area contributed by atoms with E-state index < -0.39 is 23.5 Å². The normalized spacial score (nSPS) is 17.2. The van der Waals surface area contributed by atoms with Gasteiger partial charge in [-0.2, -0.15) is 0 Å². The molecular weight excluding hydrogens is 455 g/mol. The van der Waals surface area contributed by atoms with Gasteiger partial charge in [-0.3, -0.25) is 9.59 Å². The van der Waals surface area contributed by atoms with E-state index in [4.69, 9.17) is 14.2 Å². The van der Waals surface area contributed by atoms with E-state index in [1.54, 1.807) is 12.1 Å². The van der Waals surface area contributed by atoms with Gasteiger partial charge in [-0.05, 0) is 55.1 Å². The number of rotatable bonds is 10. The van der Waals surface area contributed by atoms with Crippen LogP contribution in [0.3, 0.4) is 0 Å². The van der Waals surface area contributed by atoms with Crippen molar-refractivity contribution in [1.29, 1.82) is 0 Å². The Hall–Kier alpha value is -3.59. The van der Waals surface area contributed by atoms with Gasteiger partial charge in [-0.15, -0.1) is 0 Å². The van der Waals surface area contributed by atoms with Gasteiger partial charge >= 0.3 is 0 Å². The molecule has 0 aliphatic carbocycles. The van der Waals surface area contributed by atoms with Crippen molar-refractivity contribution >= 4 is 17.4 Å². The van der Waals surface area contributed by atoms with Gasteiger partial charge in [0, 0.05) is 18.7 Å². The molecule has 0 aromatic heterocycles. The quantitative estimate of drug-likeness (QED) is 0.312. The van der Waals surface area contributed by atoms with Crippen LogP contribution in [-0.4, -0.2) is 74.1 Å². The number of hydrogen-bond donors (Lipinski definition) is 1.